The van der Waals surface area contributed by atoms with Crippen LogP contribution in [-0.2, 0) is 9.59 Å². The van der Waals surface area contributed by atoms with Gasteiger partial charge in [-0.05, 0) is 0 Å². The Morgan fingerprint density at radius 3 is 2.55 bits per heavy atom. The molecule has 0 saturated carbocycles. The van der Waals surface area contributed by atoms with Gasteiger partial charge in [-0.3, -0.25) is 4.79 Å². The molecular formula is C6H9NO4. The van der Waals surface area contributed by atoms with Gasteiger partial charge in [0.1, 0.15) is 0 Å². The van der Waals surface area contributed by atoms with Crippen molar-refractivity contribution in [3.63, 3.8) is 0 Å². The van der Waals surface area contributed by atoms with Gasteiger partial charge in [-0.15, -0.1) is 0 Å². The summed E-state index contributed by atoms with van der Waals surface area (Å²) in [6.45, 7) is 1.57. The van der Waals surface area contributed by atoms with E-state index in [0.29, 0.717) is 0 Å². The first-order chi connectivity index (χ1) is 4.96. The molecule has 3 N–H and O–H groups in total. The lowest BCUT2D eigenvalue weighted by Crippen LogP contribution is -2.48. The molecule has 0 radical (unpaired) electrons. The smallest absolute Gasteiger partial charge is 0.357 e. The third kappa shape index (κ3) is 1.19. The van der Waals surface area contributed by atoms with Crippen LogP contribution < -0.4 is 5.32 Å². The van der Waals surface area contributed by atoms with Gasteiger partial charge in [0, 0.05) is 12.3 Å². The molecule has 1 aliphatic heterocycles. The van der Waals surface area contributed by atoms with Crippen molar-refractivity contribution in [3.05, 3.63) is 0 Å². The molecule has 2 atom stereocenters. The first-order valence-corrected chi connectivity index (χ1v) is 3.23. The van der Waals surface area contributed by atoms with Crippen molar-refractivity contribution < 1.29 is 19.8 Å². The van der Waals surface area contributed by atoms with Gasteiger partial charge in [0.2, 0.25) is 11.6 Å². The summed E-state index contributed by atoms with van der Waals surface area (Å²) in [4.78, 5) is 21.1. The van der Waals surface area contributed by atoms with Crippen LogP contribution in [0.25, 0.3) is 0 Å². The van der Waals surface area contributed by atoms with Crippen molar-refractivity contribution in [2.24, 2.45) is 5.92 Å². The number of aliphatic carboxylic acids is 1. The van der Waals surface area contributed by atoms with E-state index in [1.54, 1.807) is 6.92 Å². The zero-order valence-electron chi connectivity index (χ0n) is 6.00. The van der Waals surface area contributed by atoms with Crippen LogP contribution in [0.5, 0.6) is 0 Å². The van der Waals surface area contributed by atoms with Crippen molar-refractivity contribution in [1.82, 2.24) is 5.32 Å². The summed E-state index contributed by atoms with van der Waals surface area (Å²) in [5, 5.41) is 19.6. The van der Waals surface area contributed by atoms with E-state index in [9.17, 15) is 14.7 Å². The Balaban J connectivity index is 2.79. The molecule has 1 amide bonds. The fourth-order valence-electron chi connectivity index (χ4n) is 1.05. The highest BCUT2D eigenvalue weighted by atomic mass is 16.4. The lowest BCUT2D eigenvalue weighted by molar-refractivity contribution is -0.161. The average Bonchev–Trinajstić information content (AvgIpc) is 2.09. The van der Waals surface area contributed by atoms with Gasteiger partial charge in [0.15, 0.2) is 0 Å². The molecule has 0 spiro atoms. The molecule has 0 aromatic carbocycles. The third-order valence-electron chi connectivity index (χ3n) is 1.73. The molecule has 1 heterocycles. The molecule has 0 bridgehead atoms. The van der Waals surface area contributed by atoms with Gasteiger partial charge in [-0.25, -0.2) is 4.79 Å². The SMILES string of the molecule is CC1CC(O)(C(=O)O)NC1=O. The average molecular weight is 159 g/mol. The Kier molecular flexibility index (Phi) is 1.60. The van der Waals surface area contributed by atoms with E-state index < -0.39 is 23.5 Å². The molecule has 0 aromatic rings. The monoisotopic (exact) mass is 159 g/mol. The van der Waals surface area contributed by atoms with Crippen LogP contribution in [-0.4, -0.2) is 27.8 Å². The molecule has 1 saturated heterocycles. The molecule has 5 nitrogen and oxygen atoms in total. The quantitative estimate of drug-likeness (QED) is 0.454. The zero-order chi connectivity index (χ0) is 8.65. The van der Waals surface area contributed by atoms with E-state index in [4.69, 9.17) is 5.11 Å². The number of rotatable bonds is 1. The van der Waals surface area contributed by atoms with Crippen LogP contribution in [0.1, 0.15) is 13.3 Å². The van der Waals surface area contributed by atoms with Gasteiger partial charge in [-0.1, -0.05) is 6.92 Å². The second-order valence-electron chi connectivity index (χ2n) is 2.76. The lowest BCUT2D eigenvalue weighted by atomic mass is 10.1. The number of carboxylic acids is 1. The Hall–Kier alpha value is -1.10. The van der Waals surface area contributed by atoms with Crippen LogP contribution in [0.2, 0.25) is 0 Å². The van der Waals surface area contributed by atoms with E-state index in [2.05, 4.69) is 0 Å². The number of carboxylic acid groups (broad SMARTS) is 1. The summed E-state index contributed by atoms with van der Waals surface area (Å²) in [7, 11) is 0. The summed E-state index contributed by atoms with van der Waals surface area (Å²) in [6.07, 6.45) is -0.0683. The maximum absolute atomic E-state index is 10.8. The highest BCUT2D eigenvalue weighted by Crippen LogP contribution is 2.22. The normalized spacial score (nSPS) is 36.9. The summed E-state index contributed by atoms with van der Waals surface area (Å²) in [5.41, 5.74) is -2.05. The highest BCUT2D eigenvalue weighted by molar-refractivity contribution is 5.90. The first-order valence-electron chi connectivity index (χ1n) is 3.23. The summed E-state index contributed by atoms with van der Waals surface area (Å²) in [6, 6.07) is 0. The van der Waals surface area contributed by atoms with Crippen LogP contribution in [0.3, 0.4) is 0 Å². The fraction of sp³-hybridized carbons (Fsp3) is 0.667. The fourth-order valence-corrected chi connectivity index (χ4v) is 1.05. The van der Waals surface area contributed by atoms with Crippen molar-refractivity contribution in [2.75, 3.05) is 0 Å². The Bertz CT molecular complexity index is 213. The number of carbonyl (C=O) groups is 2. The third-order valence-corrected chi connectivity index (χ3v) is 1.73. The molecule has 0 aromatic heterocycles. The highest BCUT2D eigenvalue weighted by Gasteiger charge is 2.46. The summed E-state index contributed by atoms with van der Waals surface area (Å²) >= 11 is 0. The van der Waals surface area contributed by atoms with E-state index >= 15 is 0 Å². The predicted molar refractivity (Wildman–Crippen MR) is 34.5 cm³/mol. The second-order valence-corrected chi connectivity index (χ2v) is 2.76. The van der Waals surface area contributed by atoms with Crippen LogP contribution >= 0.6 is 0 Å². The summed E-state index contributed by atoms with van der Waals surface area (Å²) < 4.78 is 0. The number of nitrogens with one attached hydrogen (secondary N) is 1. The van der Waals surface area contributed by atoms with Crippen LogP contribution in [0.4, 0.5) is 0 Å². The Labute approximate surface area is 63.0 Å². The molecule has 0 aliphatic carbocycles. The minimum atomic E-state index is -2.05. The van der Waals surface area contributed by atoms with Gasteiger partial charge in [-0.2, -0.15) is 0 Å². The van der Waals surface area contributed by atoms with Crippen LogP contribution in [0, 0.1) is 5.92 Å². The van der Waals surface area contributed by atoms with Crippen LogP contribution in [0.15, 0.2) is 0 Å². The van der Waals surface area contributed by atoms with Gasteiger partial charge in [0.05, 0.1) is 0 Å². The molecule has 1 aliphatic rings. The number of amides is 1. The lowest BCUT2D eigenvalue weighted by Gasteiger charge is -2.15. The number of carbonyl (C=O) groups excluding carboxylic acids is 1. The molecule has 1 rings (SSSR count). The Morgan fingerprint density at radius 2 is 2.36 bits per heavy atom. The Morgan fingerprint density at radius 1 is 1.82 bits per heavy atom. The molecule has 2 unspecified atom stereocenters. The maximum Gasteiger partial charge on any atom is 0.357 e. The predicted octanol–water partition coefficient (Wildman–Crippen LogP) is -1.08. The standard InChI is InChI=1S/C6H9NO4/c1-3-2-6(11,5(9)10)7-4(3)8/h3,11H,2H2,1H3,(H,7,8)(H,9,10). The summed E-state index contributed by atoms with van der Waals surface area (Å²) in [5.74, 6) is -2.26. The minimum absolute atomic E-state index is 0.0683. The van der Waals surface area contributed by atoms with E-state index in [-0.39, 0.29) is 6.42 Å². The van der Waals surface area contributed by atoms with Gasteiger partial charge < -0.3 is 15.5 Å². The van der Waals surface area contributed by atoms with E-state index in [1.165, 1.54) is 0 Å². The minimum Gasteiger partial charge on any atom is -0.478 e. The largest absolute Gasteiger partial charge is 0.478 e. The molecule has 1 fully saturated rings. The molecule has 11 heavy (non-hydrogen) atoms. The van der Waals surface area contributed by atoms with E-state index in [0.717, 1.165) is 0 Å². The van der Waals surface area contributed by atoms with Crippen molar-refractivity contribution in [2.45, 2.75) is 19.1 Å². The number of aliphatic hydroxyl groups is 1. The topological polar surface area (TPSA) is 86.6 Å². The van der Waals surface area contributed by atoms with Crippen molar-refractivity contribution in [3.8, 4) is 0 Å². The zero-order valence-corrected chi connectivity index (χ0v) is 6.00. The maximum atomic E-state index is 10.8. The number of hydrogen-bond acceptors (Lipinski definition) is 3. The molecule has 5 heteroatoms. The van der Waals surface area contributed by atoms with Crippen molar-refractivity contribution in [1.29, 1.82) is 0 Å². The second kappa shape index (κ2) is 2.20. The van der Waals surface area contributed by atoms with Crippen molar-refractivity contribution >= 4 is 11.9 Å². The van der Waals surface area contributed by atoms with E-state index in [1.807, 2.05) is 5.32 Å². The molecule has 62 valence electrons. The van der Waals surface area contributed by atoms with Gasteiger partial charge >= 0.3 is 5.97 Å². The first kappa shape index (κ1) is 8.00. The number of hydrogen-bond donors (Lipinski definition) is 3. The van der Waals surface area contributed by atoms with Gasteiger partial charge in [0.25, 0.3) is 0 Å². The molecular weight excluding hydrogens is 150 g/mol.